The van der Waals surface area contributed by atoms with E-state index >= 15 is 0 Å². The molecule has 0 amide bonds. The number of hydrogen-bond acceptors (Lipinski definition) is 3. The summed E-state index contributed by atoms with van der Waals surface area (Å²) in [7, 11) is 0. The molecule has 0 bridgehead atoms. The Balaban J connectivity index is 1.64. The van der Waals surface area contributed by atoms with E-state index in [0.717, 1.165) is 43.1 Å². The predicted octanol–water partition coefficient (Wildman–Crippen LogP) is 6.10. The molecule has 0 spiro atoms. The molecule has 0 heterocycles. The molecule has 3 aliphatic rings. The van der Waals surface area contributed by atoms with Crippen LogP contribution in [0.15, 0.2) is 34.9 Å². The van der Waals surface area contributed by atoms with Gasteiger partial charge in [-0.25, -0.2) is 0 Å². The number of fused-ring (bicyclic) bond motifs is 1. The van der Waals surface area contributed by atoms with E-state index in [1.807, 2.05) is 13.8 Å². The van der Waals surface area contributed by atoms with Gasteiger partial charge in [-0.3, -0.25) is 0 Å². The summed E-state index contributed by atoms with van der Waals surface area (Å²) >= 11 is 0. The van der Waals surface area contributed by atoms with Crippen LogP contribution in [-0.2, 0) is 0 Å². The topological polar surface area (TPSA) is 60.7 Å². The molecule has 3 aliphatic carbocycles. The first-order valence-corrected chi connectivity index (χ1v) is 12.7. The quantitative estimate of drug-likeness (QED) is 0.428. The van der Waals surface area contributed by atoms with Crippen LogP contribution in [-0.4, -0.2) is 33.6 Å². The van der Waals surface area contributed by atoms with Gasteiger partial charge in [0, 0.05) is 0 Å². The van der Waals surface area contributed by atoms with Crippen molar-refractivity contribution in [2.75, 3.05) is 6.61 Å². The lowest BCUT2D eigenvalue weighted by atomic mass is 9.60. The van der Waals surface area contributed by atoms with Crippen LogP contribution in [0, 0.1) is 23.2 Å². The van der Waals surface area contributed by atoms with Crippen molar-refractivity contribution in [1.29, 1.82) is 0 Å². The number of rotatable bonds is 7. The van der Waals surface area contributed by atoms with Crippen molar-refractivity contribution in [2.24, 2.45) is 23.2 Å². The zero-order valence-electron chi connectivity index (χ0n) is 20.4. The molecule has 3 heteroatoms. The summed E-state index contributed by atoms with van der Waals surface area (Å²) < 4.78 is 0. The molecular weight excluding hydrogens is 384 g/mol. The van der Waals surface area contributed by atoms with Gasteiger partial charge in [0.05, 0.1) is 18.3 Å². The Labute approximate surface area is 190 Å². The molecule has 31 heavy (non-hydrogen) atoms. The third-order valence-corrected chi connectivity index (χ3v) is 8.68. The first-order chi connectivity index (χ1) is 14.6. The van der Waals surface area contributed by atoms with Crippen LogP contribution in [0.25, 0.3) is 0 Å². The number of aliphatic hydroxyl groups excluding tert-OH is 2. The van der Waals surface area contributed by atoms with Crippen LogP contribution >= 0.6 is 0 Å². The average molecular weight is 431 g/mol. The van der Waals surface area contributed by atoms with E-state index in [-0.39, 0.29) is 6.61 Å². The summed E-state index contributed by atoms with van der Waals surface area (Å²) in [5.41, 5.74) is 3.85. The first kappa shape index (κ1) is 24.7. The summed E-state index contributed by atoms with van der Waals surface area (Å²) in [6.45, 7) is 8.87. The molecule has 0 aromatic heterocycles. The number of hydrogen-bond donors (Lipinski definition) is 3. The number of aliphatic hydroxyl groups is 3. The summed E-state index contributed by atoms with van der Waals surface area (Å²) in [5, 5.41) is 29.5. The molecule has 0 radical (unpaired) electrons. The van der Waals surface area contributed by atoms with Crippen molar-refractivity contribution in [3.8, 4) is 0 Å². The van der Waals surface area contributed by atoms with Gasteiger partial charge in [0.2, 0.25) is 0 Å². The van der Waals surface area contributed by atoms with Gasteiger partial charge in [-0.2, -0.15) is 0 Å². The molecule has 3 nitrogen and oxygen atoms in total. The molecule has 3 fully saturated rings. The van der Waals surface area contributed by atoms with Crippen LogP contribution in [0.2, 0.25) is 0 Å². The highest BCUT2D eigenvalue weighted by molar-refractivity contribution is 5.28. The molecule has 0 aromatic carbocycles. The first-order valence-electron chi connectivity index (χ1n) is 12.7. The largest absolute Gasteiger partial charge is 0.392 e. The SMILES string of the molecule is C[C@H](CCCC(C)(C)O)C1CCC2/C(=C/C=C3/CC/C(=C\CO)C(O)C3)CCCC21C. The minimum atomic E-state index is -0.544. The summed E-state index contributed by atoms with van der Waals surface area (Å²) in [4.78, 5) is 0. The lowest BCUT2D eigenvalue weighted by Crippen LogP contribution is -2.36. The zero-order chi connectivity index (χ0) is 22.6. The van der Waals surface area contributed by atoms with Crippen LogP contribution in [0.4, 0.5) is 0 Å². The van der Waals surface area contributed by atoms with E-state index in [1.54, 1.807) is 11.6 Å². The Kier molecular flexibility index (Phi) is 8.27. The normalized spacial score (nSPS) is 36.9. The molecule has 176 valence electrons. The van der Waals surface area contributed by atoms with Crippen molar-refractivity contribution < 1.29 is 15.3 Å². The predicted molar refractivity (Wildman–Crippen MR) is 129 cm³/mol. The van der Waals surface area contributed by atoms with Crippen molar-refractivity contribution >= 4 is 0 Å². The Hall–Kier alpha value is -0.900. The second kappa shape index (κ2) is 10.4. The lowest BCUT2D eigenvalue weighted by molar-refractivity contribution is 0.0596. The van der Waals surface area contributed by atoms with Crippen LogP contribution < -0.4 is 0 Å². The maximum Gasteiger partial charge on any atom is 0.0788 e. The van der Waals surface area contributed by atoms with E-state index in [9.17, 15) is 10.2 Å². The molecule has 5 atom stereocenters. The van der Waals surface area contributed by atoms with E-state index in [4.69, 9.17) is 5.11 Å². The second-order valence-electron chi connectivity index (χ2n) is 11.5. The van der Waals surface area contributed by atoms with E-state index in [2.05, 4.69) is 26.0 Å². The third-order valence-electron chi connectivity index (χ3n) is 8.68. The van der Waals surface area contributed by atoms with E-state index in [1.165, 1.54) is 44.1 Å². The molecule has 0 aliphatic heterocycles. The average Bonchev–Trinajstić information content (AvgIpc) is 3.05. The molecule has 4 unspecified atom stereocenters. The summed E-state index contributed by atoms with van der Waals surface area (Å²) in [6.07, 6.45) is 18.4. The van der Waals surface area contributed by atoms with Crippen molar-refractivity contribution in [3.05, 3.63) is 34.9 Å². The van der Waals surface area contributed by atoms with Gasteiger partial charge < -0.3 is 15.3 Å². The Morgan fingerprint density at radius 2 is 1.90 bits per heavy atom. The monoisotopic (exact) mass is 430 g/mol. The highest BCUT2D eigenvalue weighted by Crippen LogP contribution is 2.60. The van der Waals surface area contributed by atoms with Crippen LogP contribution in [0.3, 0.4) is 0 Å². The maximum absolute atomic E-state index is 10.4. The molecule has 3 N–H and O–H groups in total. The molecule has 3 rings (SSSR count). The lowest BCUT2D eigenvalue weighted by Gasteiger charge is -2.44. The van der Waals surface area contributed by atoms with Gasteiger partial charge in [0.1, 0.15) is 0 Å². The van der Waals surface area contributed by atoms with Crippen molar-refractivity contribution in [2.45, 2.75) is 110 Å². The van der Waals surface area contributed by atoms with E-state index in [0.29, 0.717) is 17.8 Å². The van der Waals surface area contributed by atoms with Gasteiger partial charge in [0.15, 0.2) is 0 Å². The fourth-order valence-electron chi connectivity index (χ4n) is 6.96. The summed E-state index contributed by atoms with van der Waals surface area (Å²) in [5.74, 6) is 2.22. The Morgan fingerprint density at radius 1 is 1.13 bits per heavy atom. The molecule has 0 aromatic rings. The number of allylic oxidation sites excluding steroid dienone is 3. The second-order valence-corrected chi connectivity index (χ2v) is 11.5. The van der Waals surface area contributed by atoms with Gasteiger partial charge in [-0.15, -0.1) is 0 Å². The van der Waals surface area contributed by atoms with Gasteiger partial charge in [0.25, 0.3) is 0 Å². The smallest absolute Gasteiger partial charge is 0.0788 e. The maximum atomic E-state index is 10.4. The minimum absolute atomic E-state index is 0.0209. The highest BCUT2D eigenvalue weighted by Gasteiger charge is 2.50. The van der Waals surface area contributed by atoms with Crippen LogP contribution in [0.1, 0.15) is 98.3 Å². The fraction of sp³-hybridized carbons (Fsp3) is 0.786. The zero-order valence-corrected chi connectivity index (χ0v) is 20.4. The third kappa shape index (κ3) is 6.12. The molecule has 3 saturated carbocycles. The van der Waals surface area contributed by atoms with Gasteiger partial charge in [-0.05, 0) is 100 Å². The van der Waals surface area contributed by atoms with Gasteiger partial charge >= 0.3 is 0 Å². The molecule has 0 saturated heterocycles. The Morgan fingerprint density at radius 3 is 2.58 bits per heavy atom. The van der Waals surface area contributed by atoms with Crippen molar-refractivity contribution in [3.63, 3.8) is 0 Å². The Bertz CT molecular complexity index is 696. The van der Waals surface area contributed by atoms with Crippen molar-refractivity contribution in [1.82, 2.24) is 0 Å². The molecular formula is C28H46O3. The summed E-state index contributed by atoms with van der Waals surface area (Å²) in [6, 6.07) is 0. The fourth-order valence-corrected chi connectivity index (χ4v) is 6.96. The van der Waals surface area contributed by atoms with Crippen LogP contribution in [0.5, 0.6) is 0 Å². The van der Waals surface area contributed by atoms with E-state index < -0.39 is 11.7 Å². The standard InChI is InChI=1S/C28H46O3/c1-20(7-5-16-27(2,3)31)24-13-14-25-22(8-6-17-28(24,25)4)11-9-21-10-12-23(15-18-29)26(30)19-21/h9,11,15,20,24-26,29-31H,5-8,10,12-14,16-19H2,1-4H3/b21-9-,22-11+,23-15+/t20-,24?,25?,26?,28?/m1/s1. The minimum Gasteiger partial charge on any atom is -0.392 e. The highest BCUT2D eigenvalue weighted by atomic mass is 16.3. The van der Waals surface area contributed by atoms with Gasteiger partial charge in [-0.1, -0.05) is 56.1 Å².